The van der Waals surface area contributed by atoms with Crippen molar-refractivity contribution in [2.45, 2.75) is 30.3 Å². The minimum Gasteiger partial charge on any atom is -0.235 e. The summed E-state index contributed by atoms with van der Waals surface area (Å²) in [4.78, 5) is 0. The first-order valence-corrected chi connectivity index (χ1v) is 7.65. The van der Waals surface area contributed by atoms with Crippen LogP contribution >= 0.6 is 15.9 Å². The molecule has 0 aromatic carbocycles. The van der Waals surface area contributed by atoms with Crippen LogP contribution in [0.25, 0.3) is 0 Å². The molecule has 0 radical (unpaired) electrons. The van der Waals surface area contributed by atoms with E-state index in [9.17, 15) is 8.42 Å². The molecule has 1 aliphatic carbocycles. The summed E-state index contributed by atoms with van der Waals surface area (Å²) in [6, 6.07) is 1.98. The highest BCUT2D eigenvalue weighted by molar-refractivity contribution is 9.10. The Morgan fingerprint density at radius 2 is 2.28 bits per heavy atom. The third kappa shape index (κ3) is 2.41. The first-order chi connectivity index (χ1) is 8.48. The van der Waals surface area contributed by atoms with Crippen molar-refractivity contribution >= 4 is 26.0 Å². The average molecular weight is 334 g/mol. The van der Waals surface area contributed by atoms with Crippen LogP contribution in [0.1, 0.15) is 19.3 Å². The van der Waals surface area contributed by atoms with E-state index in [0.29, 0.717) is 0 Å². The predicted octanol–water partition coefficient (Wildman–Crippen LogP) is 0.644. The average Bonchev–Trinajstić information content (AvgIpc) is 3.05. The smallest absolute Gasteiger partial charge is 0.235 e. The molecule has 2 rings (SSSR count). The van der Waals surface area contributed by atoms with Crippen molar-refractivity contribution in [2.75, 3.05) is 6.54 Å². The van der Waals surface area contributed by atoms with E-state index in [-0.39, 0.29) is 28.6 Å². The molecular formula is C9H12BrN5O2S. The lowest BCUT2D eigenvalue weighted by atomic mass is 10.4. The van der Waals surface area contributed by atoms with Gasteiger partial charge < -0.3 is 0 Å². The van der Waals surface area contributed by atoms with Crippen molar-refractivity contribution in [3.05, 3.63) is 4.60 Å². The Morgan fingerprint density at radius 3 is 2.72 bits per heavy atom. The van der Waals surface area contributed by atoms with Crippen LogP contribution in [0, 0.1) is 11.3 Å². The van der Waals surface area contributed by atoms with Crippen molar-refractivity contribution in [2.24, 2.45) is 7.05 Å². The second kappa shape index (κ2) is 4.95. The van der Waals surface area contributed by atoms with Gasteiger partial charge in [0.05, 0.1) is 6.07 Å². The summed E-state index contributed by atoms with van der Waals surface area (Å²) in [5, 5.41) is 16.0. The molecule has 0 atom stereocenters. The van der Waals surface area contributed by atoms with E-state index >= 15 is 0 Å². The van der Waals surface area contributed by atoms with Gasteiger partial charge in [0.1, 0.15) is 0 Å². The lowest BCUT2D eigenvalue weighted by Gasteiger charge is -2.20. The van der Waals surface area contributed by atoms with Crippen molar-refractivity contribution in [1.82, 2.24) is 19.3 Å². The fourth-order valence-corrected chi connectivity index (χ4v) is 4.45. The highest BCUT2D eigenvalue weighted by atomic mass is 79.9. The molecule has 18 heavy (non-hydrogen) atoms. The molecular weight excluding hydrogens is 322 g/mol. The number of nitriles is 1. The van der Waals surface area contributed by atoms with Crippen molar-refractivity contribution in [1.29, 1.82) is 5.26 Å². The van der Waals surface area contributed by atoms with Crippen molar-refractivity contribution in [3.8, 4) is 6.07 Å². The SMILES string of the molecule is Cn1nnc(Br)c1S(=O)(=O)N(CCC#N)C1CC1. The highest BCUT2D eigenvalue weighted by Gasteiger charge is 2.40. The number of hydrogen-bond donors (Lipinski definition) is 0. The summed E-state index contributed by atoms with van der Waals surface area (Å²) >= 11 is 3.09. The van der Waals surface area contributed by atoms with Crippen LogP contribution in [0.2, 0.25) is 0 Å². The zero-order valence-corrected chi connectivity index (χ0v) is 12.1. The fraction of sp³-hybridized carbons (Fsp3) is 0.667. The predicted molar refractivity (Wildman–Crippen MR) is 65.8 cm³/mol. The molecule has 0 saturated heterocycles. The van der Waals surface area contributed by atoms with Gasteiger partial charge in [0, 0.05) is 26.1 Å². The maximum absolute atomic E-state index is 12.5. The van der Waals surface area contributed by atoms with Gasteiger partial charge in [-0.05, 0) is 28.8 Å². The van der Waals surface area contributed by atoms with E-state index in [1.54, 1.807) is 0 Å². The summed E-state index contributed by atoms with van der Waals surface area (Å²) in [6.07, 6.45) is 1.86. The molecule has 1 aliphatic rings. The molecule has 9 heteroatoms. The van der Waals surface area contributed by atoms with Gasteiger partial charge in [-0.2, -0.15) is 9.57 Å². The van der Waals surface area contributed by atoms with Crippen molar-refractivity contribution in [3.63, 3.8) is 0 Å². The van der Waals surface area contributed by atoms with E-state index in [1.165, 1.54) is 16.0 Å². The summed E-state index contributed by atoms with van der Waals surface area (Å²) in [5.41, 5.74) is 0. The Kier molecular flexibility index (Phi) is 3.70. The molecule has 0 amide bonds. The molecule has 0 aliphatic heterocycles. The minimum absolute atomic E-state index is 0.00477. The molecule has 0 spiro atoms. The van der Waals surface area contributed by atoms with Crippen molar-refractivity contribution < 1.29 is 8.42 Å². The Morgan fingerprint density at radius 1 is 1.61 bits per heavy atom. The summed E-state index contributed by atoms with van der Waals surface area (Å²) in [7, 11) is -2.13. The molecule has 0 unspecified atom stereocenters. The first-order valence-electron chi connectivity index (χ1n) is 5.42. The quantitative estimate of drug-likeness (QED) is 0.788. The van der Waals surface area contributed by atoms with Crippen LogP contribution < -0.4 is 0 Å². The maximum Gasteiger partial charge on any atom is 0.263 e. The summed E-state index contributed by atoms with van der Waals surface area (Å²) in [6.45, 7) is 0.209. The number of sulfonamides is 1. The van der Waals surface area contributed by atoms with E-state index in [0.717, 1.165) is 12.8 Å². The van der Waals surface area contributed by atoms with Crippen LogP contribution in [-0.2, 0) is 17.1 Å². The zero-order chi connectivity index (χ0) is 13.3. The van der Waals surface area contributed by atoms with Gasteiger partial charge in [-0.25, -0.2) is 13.1 Å². The molecule has 1 saturated carbocycles. The zero-order valence-electron chi connectivity index (χ0n) is 9.74. The van der Waals surface area contributed by atoms with Gasteiger partial charge in [-0.1, -0.05) is 5.21 Å². The van der Waals surface area contributed by atoms with Gasteiger partial charge >= 0.3 is 0 Å². The first kappa shape index (κ1) is 13.5. The number of aromatic nitrogens is 3. The molecule has 0 N–H and O–H groups in total. The molecule has 1 fully saturated rings. The molecule has 98 valence electrons. The maximum atomic E-state index is 12.5. The molecule has 7 nitrogen and oxygen atoms in total. The molecule has 1 aromatic rings. The van der Waals surface area contributed by atoms with Crippen LogP contribution in [0.15, 0.2) is 9.63 Å². The van der Waals surface area contributed by atoms with E-state index < -0.39 is 10.0 Å². The van der Waals surface area contributed by atoms with Crippen LogP contribution in [-0.4, -0.2) is 40.3 Å². The van der Waals surface area contributed by atoms with Crippen LogP contribution in [0.5, 0.6) is 0 Å². The Labute approximate surface area is 114 Å². The van der Waals surface area contributed by atoms with Gasteiger partial charge in [-0.3, -0.25) is 0 Å². The number of rotatable bonds is 5. The lowest BCUT2D eigenvalue weighted by molar-refractivity contribution is 0.404. The van der Waals surface area contributed by atoms with Gasteiger partial charge in [0.15, 0.2) is 4.60 Å². The third-order valence-electron chi connectivity index (χ3n) is 2.69. The van der Waals surface area contributed by atoms with E-state index in [1.807, 2.05) is 6.07 Å². The number of aryl methyl sites for hydroxylation is 1. The van der Waals surface area contributed by atoms with E-state index in [2.05, 4.69) is 26.2 Å². The summed E-state index contributed by atoms with van der Waals surface area (Å²) < 4.78 is 27.8. The fourth-order valence-electron chi connectivity index (χ4n) is 1.73. The highest BCUT2D eigenvalue weighted by Crippen LogP contribution is 2.33. The molecule has 1 aromatic heterocycles. The Hall–Kier alpha value is -0.980. The lowest BCUT2D eigenvalue weighted by Crippen LogP contribution is -2.35. The normalized spacial score (nSPS) is 15.9. The Balaban J connectivity index is 2.37. The number of halogens is 1. The standard InChI is InChI=1S/C9H12BrN5O2S/c1-14-9(8(10)12-13-14)18(16,17)15(6-2-5-11)7-3-4-7/h7H,2-4,6H2,1H3. The van der Waals surface area contributed by atoms with Gasteiger partial charge in [0.2, 0.25) is 5.03 Å². The number of hydrogen-bond acceptors (Lipinski definition) is 5. The second-order valence-corrected chi connectivity index (χ2v) is 6.62. The topological polar surface area (TPSA) is 91.9 Å². The minimum atomic E-state index is -3.65. The second-order valence-electron chi connectivity index (χ2n) is 4.06. The monoisotopic (exact) mass is 333 g/mol. The number of nitrogens with zero attached hydrogens (tertiary/aromatic N) is 5. The summed E-state index contributed by atoms with van der Waals surface area (Å²) in [5.74, 6) is 0. The Bertz CT molecular complexity index is 567. The largest absolute Gasteiger partial charge is 0.263 e. The van der Waals surface area contributed by atoms with Crippen LogP contribution in [0.4, 0.5) is 0 Å². The van der Waals surface area contributed by atoms with Gasteiger partial charge in [0.25, 0.3) is 10.0 Å². The third-order valence-corrected chi connectivity index (χ3v) is 5.53. The molecule has 0 bridgehead atoms. The van der Waals surface area contributed by atoms with Crippen LogP contribution in [0.3, 0.4) is 0 Å². The van der Waals surface area contributed by atoms with E-state index in [4.69, 9.17) is 5.26 Å². The molecule has 1 heterocycles. The van der Waals surface area contributed by atoms with Gasteiger partial charge in [-0.15, -0.1) is 5.10 Å².